The highest BCUT2D eigenvalue weighted by atomic mass is 35.5. The van der Waals surface area contributed by atoms with Crippen LogP contribution >= 0.6 is 11.6 Å². The van der Waals surface area contributed by atoms with Crippen molar-refractivity contribution < 1.29 is 17.9 Å². The van der Waals surface area contributed by atoms with Crippen molar-refractivity contribution in [2.75, 3.05) is 18.4 Å². The Balaban J connectivity index is 2.21. The molecule has 0 aliphatic rings. The van der Waals surface area contributed by atoms with Gasteiger partial charge in [0.05, 0.1) is 41.7 Å². The van der Waals surface area contributed by atoms with Crippen LogP contribution in [0.4, 0.5) is 5.69 Å². The molecule has 0 fully saturated rings. The summed E-state index contributed by atoms with van der Waals surface area (Å²) in [5.74, 6) is 0.394. The van der Waals surface area contributed by atoms with E-state index in [0.717, 1.165) is 0 Å². The van der Waals surface area contributed by atoms with Crippen molar-refractivity contribution >= 4 is 27.3 Å². The highest BCUT2D eigenvalue weighted by molar-refractivity contribution is 7.92. The molecule has 0 amide bonds. The molecule has 0 saturated heterocycles. The van der Waals surface area contributed by atoms with Crippen LogP contribution in [0.1, 0.15) is 6.92 Å². The first-order valence-corrected chi connectivity index (χ1v) is 8.13. The normalized spacial score (nSPS) is 11.0. The molecule has 0 saturated carbocycles. The molecule has 7 nitrogen and oxygen atoms in total. The largest absolute Gasteiger partial charge is 0.495 e. The van der Waals surface area contributed by atoms with Crippen LogP contribution in [0, 0.1) is 0 Å². The molecule has 0 atom stereocenters. The number of halogens is 1. The van der Waals surface area contributed by atoms with Crippen molar-refractivity contribution in [3.8, 4) is 11.8 Å². The van der Waals surface area contributed by atoms with Gasteiger partial charge < -0.3 is 9.47 Å². The Bertz CT molecular complexity index is 750. The number of aromatic nitrogens is 2. The Morgan fingerprint density at radius 3 is 2.50 bits per heavy atom. The van der Waals surface area contributed by atoms with Crippen LogP contribution < -0.4 is 14.2 Å². The number of anilines is 1. The molecule has 1 N–H and O–H groups in total. The molecule has 9 heteroatoms. The van der Waals surface area contributed by atoms with Crippen LogP contribution in [0.2, 0.25) is 5.02 Å². The van der Waals surface area contributed by atoms with Crippen LogP contribution in [0.15, 0.2) is 35.5 Å². The number of hydrogen-bond acceptors (Lipinski definition) is 6. The average Bonchev–Trinajstić information content (AvgIpc) is 2.49. The first kappa shape index (κ1) is 16.3. The second-order valence-corrected chi connectivity index (χ2v) is 6.18. The van der Waals surface area contributed by atoms with Gasteiger partial charge in [0, 0.05) is 0 Å². The molecular weight excluding hydrogens is 330 g/mol. The van der Waals surface area contributed by atoms with Gasteiger partial charge in [-0.25, -0.2) is 18.4 Å². The molecular formula is C13H14ClN3O4S. The van der Waals surface area contributed by atoms with Crippen molar-refractivity contribution in [3.05, 3.63) is 35.6 Å². The molecule has 118 valence electrons. The van der Waals surface area contributed by atoms with E-state index in [1.807, 2.05) is 0 Å². The smallest absolute Gasteiger partial charge is 0.316 e. The molecule has 0 radical (unpaired) electrons. The fraction of sp³-hybridized carbons (Fsp3) is 0.231. The maximum atomic E-state index is 12.3. The molecule has 2 rings (SSSR count). The fourth-order valence-corrected chi connectivity index (χ4v) is 2.98. The summed E-state index contributed by atoms with van der Waals surface area (Å²) in [4.78, 5) is 7.78. The van der Waals surface area contributed by atoms with Crippen LogP contribution in [0.3, 0.4) is 0 Å². The number of nitrogens with zero attached hydrogens (tertiary/aromatic N) is 2. The lowest BCUT2D eigenvalue weighted by Gasteiger charge is -2.09. The number of hydrogen-bond donors (Lipinski definition) is 1. The van der Waals surface area contributed by atoms with Gasteiger partial charge in [0.25, 0.3) is 10.0 Å². The third-order valence-electron chi connectivity index (χ3n) is 2.59. The first-order valence-electron chi connectivity index (χ1n) is 6.27. The van der Waals surface area contributed by atoms with Gasteiger partial charge in [0.1, 0.15) is 5.75 Å². The third kappa shape index (κ3) is 3.77. The number of sulfonamides is 1. The first-order chi connectivity index (χ1) is 10.5. The van der Waals surface area contributed by atoms with Crippen molar-refractivity contribution in [2.24, 2.45) is 0 Å². The fourth-order valence-electron chi connectivity index (χ4n) is 1.60. The van der Waals surface area contributed by atoms with E-state index < -0.39 is 10.0 Å². The molecule has 1 heterocycles. The minimum atomic E-state index is -3.80. The van der Waals surface area contributed by atoms with E-state index in [-0.39, 0.29) is 21.6 Å². The number of rotatable bonds is 6. The van der Waals surface area contributed by atoms with Gasteiger partial charge >= 0.3 is 6.01 Å². The molecule has 0 aliphatic carbocycles. The average molecular weight is 344 g/mol. The summed E-state index contributed by atoms with van der Waals surface area (Å²) in [7, 11) is -2.35. The lowest BCUT2D eigenvalue weighted by Crippen LogP contribution is -2.13. The van der Waals surface area contributed by atoms with Crippen LogP contribution in [-0.4, -0.2) is 32.1 Å². The highest BCUT2D eigenvalue weighted by Gasteiger charge is 2.16. The number of nitrogens with one attached hydrogen (secondary N) is 1. The summed E-state index contributed by atoms with van der Waals surface area (Å²) < 4.78 is 37.0. The zero-order valence-corrected chi connectivity index (χ0v) is 13.5. The Hall–Kier alpha value is -2.06. The zero-order valence-electron chi connectivity index (χ0n) is 11.9. The van der Waals surface area contributed by atoms with Crippen molar-refractivity contribution in [3.63, 3.8) is 0 Å². The van der Waals surface area contributed by atoms with E-state index >= 15 is 0 Å². The molecule has 0 aliphatic heterocycles. The van der Waals surface area contributed by atoms with Crippen LogP contribution in [0.5, 0.6) is 11.8 Å². The van der Waals surface area contributed by atoms with Gasteiger partial charge in [-0.3, -0.25) is 4.72 Å². The van der Waals surface area contributed by atoms with Crippen molar-refractivity contribution in [2.45, 2.75) is 11.8 Å². The molecule has 0 bridgehead atoms. The van der Waals surface area contributed by atoms with E-state index in [4.69, 9.17) is 21.1 Å². The van der Waals surface area contributed by atoms with Gasteiger partial charge in [-0.1, -0.05) is 11.6 Å². The van der Waals surface area contributed by atoms with Crippen LogP contribution in [0.25, 0.3) is 0 Å². The van der Waals surface area contributed by atoms with Gasteiger partial charge in [0.2, 0.25) is 0 Å². The molecule has 2 aromatic rings. The van der Waals surface area contributed by atoms with Gasteiger partial charge in [-0.15, -0.1) is 0 Å². The van der Waals surface area contributed by atoms with Gasteiger partial charge in [-0.05, 0) is 25.1 Å². The van der Waals surface area contributed by atoms with E-state index in [1.165, 1.54) is 37.7 Å². The molecule has 0 spiro atoms. The Labute approximate surface area is 133 Å². The highest BCUT2D eigenvalue weighted by Crippen LogP contribution is 2.27. The van der Waals surface area contributed by atoms with E-state index in [9.17, 15) is 8.42 Å². The lowest BCUT2D eigenvalue weighted by molar-refractivity contribution is 0.312. The van der Waals surface area contributed by atoms with Crippen molar-refractivity contribution in [1.82, 2.24) is 9.97 Å². The molecule has 0 unspecified atom stereocenters. The minimum Gasteiger partial charge on any atom is -0.495 e. The topological polar surface area (TPSA) is 90.4 Å². The quantitative estimate of drug-likeness (QED) is 0.865. The van der Waals surface area contributed by atoms with Gasteiger partial charge in [0.15, 0.2) is 0 Å². The Kier molecular flexibility index (Phi) is 5.04. The minimum absolute atomic E-state index is 0.00665. The van der Waals surface area contributed by atoms with E-state index in [0.29, 0.717) is 12.4 Å². The molecule has 22 heavy (non-hydrogen) atoms. The molecule has 1 aromatic carbocycles. The summed E-state index contributed by atoms with van der Waals surface area (Å²) in [6.45, 7) is 2.23. The van der Waals surface area contributed by atoms with Crippen molar-refractivity contribution in [1.29, 1.82) is 0 Å². The third-order valence-corrected chi connectivity index (χ3v) is 4.26. The SMILES string of the molecule is CCOc1ncc(NS(=O)(=O)c2ccc(OC)c(Cl)c2)cn1. The number of benzene rings is 1. The Morgan fingerprint density at radius 2 is 1.95 bits per heavy atom. The Morgan fingerprint density at radius 1 is 1.27 bits per heavy atom. The monoisotopic (exact) mass is 343 g/mol. The summed E-state index contributed by atoms with van der Waals surface area (Å²) in [5, 5.41) is 0.202. The summed E-state index contributed by atoms with van der Waals surface area (Å²) >= 11 is 5.94. The predicted octanol–water partition coefficient (Wildman–Crippen LogP) is 2.34. The second kappa shape index (κ2) is 6.80. The van der Waals surface area contributed by atoms with Gasteiger partial charge in [-0.2, -0.15) is 0 Å². The number of methoxy groups -OCH3 is 1. The zero-order chi connectivity index (χ0) is 16.2. The summed E-state index contributed by atoms with van der Waals surface area (Å²) in [5.41, 5.74) is 0.218. The lowest BCUT2D eigenvalue weighted by atomic mass is 10.3. The predicted molar refractivity (Wildman–Crippen MR) is 82.0 cm³/mol. The van der Waals surface area contributed by atoms with Crippen LogP contribution in [-0.2, 0) is 10.0 Å². The summed E-state index contributed by atoms with van der Waals surface area (Å²) in [6, 6.07) is 4.35. The standard InChI is InChI=1S/C13H14ClN3O4S/c1-3-21-13-15-7-9(8-16-13)17-22(18,19)10-4-5-12(20-2)11(14)6-10/h4-8,17H,3H2,1-2H3. The molecule has 1 aromatic heterocycles. The maximum absolute atomic E-state index is 12.3. The summed E-state index contributed by atoms with van der Waals surface area (Å²) in [6.07, 6.45) is 2.64. The van der Waals surface area contributed by atoms with E-state index in [2.05, 4.69) is 14.7 Å². The second-order valence-electron chi connectivity index (χ2n) is 4.09. The van der Waals surface area contributed by atoms with E-state index in [1.54, 1.807) is 6.92 Å². The maximum Gasteiger partial charge on any atom is 0.316 e. The number of ether oxygens (including phenoxy) is 2.